The van der Waals surface area contributed by atoms with E-state index in [0.29, 0.717) is 36.4 Å². The first-order valence-corrected chi connectivity index (χ1v) is 6.72. The normalized spacial score (nSPS) is 12.2. The molecule has 1 aromatic heterocycles. The molecule has 0 bridgehead atoms. The van der Waals surface area contributed by atoms with Crippen LogP contribution < -0.4 is 10.6 Å². The van der Waals surface area contributed by atoms with Gasteiger partial charge in [0.15, 0.2) is 0 Å². The number of aliphatic hydroxyl groups excluding tert-OH is 1. The second-order valence-corrected chi connectivity index (χ2v) is 4.55. The first kappa shape index (κ1) is 15.9. The Bertz CT molecular complexity index is 379. The number of hydrogen-bond acceptors (Lipinski definition) is 6. The number of aromatic nitrogens is 2. The average molecular weight is 289 g/mol. The molecule has 0 saturated carbocycles. The van der Waals surface area contributed by atoms with Crippen LogP contribution >= 0.6 is 11.6 Å². The third kappa shape index (κ3) is 6.04. The summed E-state index contributed by atoms with van der Waals surface area (Å²) >= 11 is 6.00. The molecule has 0 radical (unpaired) electrons. The first-order chi connectivity index (χ1) is 9.17. The number of methoxy groups -OCH3 is 1. The third-order valence-electron chi connectivity index (χ3n) is 2.41. The molecule has 1 rings (SSSR count). The van der Waals surface area contributed by atoms with Crippen LogP contribution in [0.3, 0.4) is 0 Å². The minimum atomic E-state index is -0.490. The average Bonchev–Trinajstić information content (AvgIpc) is 2.39. The van der Waals surface area contributed by atoms with Crippen molar-refractivity contribution in [2.75, 3.05) is 37.4 Å². The van der Waals surface area contributed by atoms with E-state index in [-0.39, 0.29) is 0 Å². The standard InChI is InChI=1S/C12H21ClN4O2/c1-3-5-15-12-16-7-10(13)11(17-12)14-6-4-9(18)8-19-2/h7,9,18H,3-6,8H2,1-2H3,(H2,14,15,16,17). The van der Waals surface area contributed by atoms with Crippen LogP contribution in [-0.4, -0.2) is 48.0 Å². The second kappa shape index (κ2) is 8.90. The van der Waals surface area contributed by atoms with E-state index in [0.717, 1.165) is 13.0 Å². The summed E-state index contributed by atoms with van der Waals surface area (Å²) in [6.07, 6.45) is 2.63. The second-order valence-electron chi connectivity index (χ2n) is 4.14. The van der Waals surface area contributed by atoms with Gasteiger partial charge in [-0.3, -0.25) is 0 Å². The minimum Gasteiger partial charge on any atom is -0.391 e. The Hall–Kier alpha value is -1.11. The maximum Gasteiger partial charge on any atom is 0.224 e. The quantitative estimate of drug-likeness (QED) is 0.643. The molecular formula is C12H21ClN4O2. The van der Waals surface area contributed by atoms with Crippen LogP contribution in [0.15, 0.2) is 6.20 Å². The van der Waals surface area contributed by atoms with Crippen molar-refractivity contribution in [2.45, 2.75) is 25.9 Å². The highest BCUT2D eigenvalue weighted by Crippen LogP contribution is 2.19. The van der Waals surface area contributed by atoms with E-state index < -0.39 is 6.10 Å². The van der Waals surface area contributed by atoms with E-state index in [1.807, 2.05) is 0 Å². The van der Waals surface area contributed by atoms with Crippen molar-refractivity contribution >= 4 is 23.4 Å². The highest BCUT2D eigenvalue weighted by Gasteiger charge is 2.07. The summed E-state index contributed by atoms with van der Waals surface area (Å²) in [6.45, 7) is 3.77. The molecule has 0 amide bonds. The maximum absolute atomic E-state index is 9.52. The Morgan fingerprint density at radius 1 is 1.42 bits per heavy atom. The van der Waals surface area contributed by atoms with Crippen molar-refractivity contribution in [1.82, 2.24) is 9.97 Å². The first-order valence-electron chi connectivity index (χ1n) is 6.34. The lowest BCUT2D eigenvalue weighted by Crippen LogP contribution is -2.19. The Balaban J connectivity index is 2.47. The van der Waals surface area contributed by atoms with Gasteiger partial charge in [-0.15, -0.1) is 0 Å². The fourth-order valence-corrected chi connectivity index (χ4v) is 1.60. The van der Waals surface area contributed by atoms with Crippen molar-refractivity contribution < 1.29 is 9.84 Å². The van der Waals surface area contributed by atoms with E-state index in [1.165, 1.54) is 0 Å². The third-order valence-corrected chi connectivity index (χ3v) is 2.68. The van der Waals surface area contributed by atoms with Gasteiger partial charge >= 0.3 is 0 Å². The number of halogens is 1. The van der Waals surface area contributed by atoms with E-state index in [1.54, 1.807) is 13.3 Å². The highest BCUT2D eigenvalue weighted by atomic mass is 35.5. The number of nitrogens with one attached hydrogen (secondary N) is 2. The predicted octanol–water partition coefficient (Wildman–Crippen LogP) is 1.76. The van der Waals surface area contributed by atoms with Gasteiger partial charge < -0.3 is 20.5 Å². The molecule has 1 unspecified atom stereocenters. The van der Waals surface area contributed by atoms with Crippen molar-refractivity contribution in [3.8, 4) is 0 Å². The zero-order valence-corrected chi connectivity index (χ0v) is 12.1. The summed E-state index contributed by atoms with van der Waals surface area (Å²) in [7, 11) is 1.56. The summed E-state index contributed by atoms with van der Waals surface area (Å²) in [5.74, 6) is 1.12. The van der Waals surface area contributed by atoms with E-state index >= 15 is 0 Å². The predicted molar refractivity (Wildman–Crippen MR) is 76.8 cm³/mol. The Morgan fingerprint density at radius 3 is 2.89 bits per heavy atom. The molecule has 7 heteroatoms. The van der Waals surface area contributed by atoms with Gasteiger partial charge in [-0.05, 0) is 12.8 Å². The monoisotopic (exact) mass is 288 g/mol. The van der Waals surface area contributed by atoms with Crippen molar-refractivity contribution in [1.29, 1.82) is 0 Å². The van der Waals surface area contributed by atoms with Gasteiger partial charge in [0.25, 0.3) is 0 Å². The number of anilines is 2. The molecule has 0 spiro atoms. The number of nitrogens with zero attached hydrogens (tertiary/aromatic N) is 2. The number of ether oxygens (including phenoxy) is 1. The largest absolute Gasteiger partial charge is 0.391 e. The van der Waals surface area contributed by atoms with E-state index in [2.05, 4.69) is 27.5 Å². The number of hydrogen-bond donors (Lipinski definition) is 3. The zero-order valence-electron chi connectivity index (χ0n) is 11.3. The van der Waals surface area contributed by atoms with Crippen molar-refractivity contribution in [3.05, 3.63) is 11.2 Å². The smallest absolute Gasteiger partial charge is 0.224 e. The molecule has 1 aromatic rings. The topological polar surface area (TPSA) is 79.3 Å². The fourth-order valence-electron chi connectivity index (χ4n) is 1.45. The molecule has 0 aliphatic heterocycles. The molecule has 19 heavy (non-hydrogen) atoms. The Kier molecular flexibility index (Phi) is 7.47. The number of aliphatic hydroxyl groups is 1. The van der Waals surface area contributed by atoms with Crippen molar-refractivity contribution in [3.63, 3.8) is 0 Å². The van der Waals surface area contributed by atoms with Gasteiger partial charge in [0.2, 0.25) is 5.95 Å². The molecule has 0 saturated heterocycles. The molecule has 108 valence electrons. The number of rotatable bonds is 9. The van der Waals surface area contributed by atoms with E-state index in [9.17, 15) is 5.11 Å². The van der Waals surface area contributed by atoms with E-state index in [4.69, 9.17) is 16.3 Å². The molecule has 1 atom stereocenters. The lowest BCUT2D eigenvalue weighted by Gasteiger charge is -2.12. The van der Waals surface area contributed by atoms with Crippen LogP contribution in [0.4, 0.5) is 11.8 Å². The van der Waals surface area contributed by atoms with Crippen LogP contribution in [0.1, 0.15) is 19.8 Å². The molecular weight excluding hydrogens is 268 g/mol. The summed E-state index contributed by atoms with van der Waals surface area (Å²) in [6, 6.07) is 0. The molecule has 0 aliphatic carbocycles. The Morgan fingerprint density at radius 2 is 2.21 bits per heavy atom. The molecule has 0 aliphatic rings. The molecule has 0 fully saturated rings. The van der Waals surface area contributed by atoms with Gasteiger partial charge in [-0.1, -0.05) is 18.5 Å². The summed E-state index contributed by atoms with van der Waals surface area (Å²) in [5.41, 5.74) is 0. The lowest BCUT2D eigenvalue weighted by atomic mass is 10.2. The molecule has 6 nitrogen and oxygen atoms in total. The molecule has 1 heterocycles. The van der Waals surface area contributed by atoms with Gasteiger partial charge in [-0.25, -0.2) is 4.98 Å². The zero-order chi connectivity index (χ0) is 14.1. The van der Waals surface area contributed by atoms with Crippen LogP contribution in [0, 0.1) is 0 Å². The summed E-state index contributed by atoms with van der Waals surface area (Å²) in [5, 5.41) is 16.2. The van der Waals surface area contributed by atoms with Crippen LogP contribution in [0.25, 0.3) is 0 Å². The van der Waals surface area contributed by atoms with Gasteiger partial charge in [0.1, 0.15) is 10.8 Å². The van der Waals surface area contributed by atoms with Gasteiger partial charge in [0.05, 0.1) is 18.9 Å². The summed E-state index contributed by atoms with van der Waals surface area (Å²) in [4.78, 5) is 8.36. The SMILES string of the molecule is CCCNc1ncc(Cl)c(NCCC(O)COC)n1. The van der Waals surface area contributed by atoms with Crippen LogP contribution in [0.5, 0.6) is 0 Å². The minimum absolute atomic E-state index is 0.322. The van der Waals surface area contributed by atoms with Crippen LogP contribution in [-0.2, 0) is 4.74 Å². The van der Waals surface area contributed by atoms with Gasteiger partial charge in [0, 0.05) is 20.2 Å². The van der Waals surface area contributed by atoms with Crippen molar-refractivity contribution in [2.24, 2.45) is 0 Å². The maximum atomic E-state index is 9.52. The molecule has 3 N–H and O–H groups in total. The fraction of sp³-hybridized carbons (Fsp3) is 0.667. The van der Waals surface area contributed by atoms with Crippen LogP contribution in [0.2, 0.25) is 5.02 Å². The Labute approximate surface area is 118 Å². The summed E-state index contributed by atoms with van der Waals surface area (Å²) < 4.78 is 4.85. The lowest BCUT2D eigenvalue weighted by molar-refractivity contribution is 0.0615. The molecule has 0 aromatic carbocycles. The van der Waals surface area contributed by atoms with Gasteiger partial charge in [-0.2, -0.15) is 4.98 Å². The highest BCUT2D eigenvalue weighted by molar-refractivity contribution is 6.32.